The normalized spacial score (nSPS) is 12.6. The van der Waals surface area contributed by atoms with E-state index in [2.05, 4.69) is 44.3 Å². The van der Waals surface area contributed by atoms with Crippen molar-refractivity contribution in [2.45, 2.75) is 26.3 Å². The van der Waals surface area contributed by atoms with E-state index < -0.39 is 0 Å². The lowest BCUT2D eigenvalue weighted by Gasteiger charge is -2.18. The number of benzene rings is 1. The second-order valence-corrected chi connectivity index (χ2v) is 5.22. The molecule has 1 aromatic carbocycles. The van der Waals surface area contributed by atoms with Gasteiger partial charge in [0.25, 0.3) is 0 Å². The third-order valence-corrected chi connectivity index (χ3v) is 2.56. The summed E-state index contributed by atoms with van der Waals surface area (Å²) in [5.41, 5.74) is 2.23. The summed E-state index contributed by atoms with van der Waals surface area (Å²) < 4.78 is 5.48. The number of furan rings is 1. The van der Waals surface area contributed by atoms with Gasteiger partial charge in [-0.05, 0) is 26.8 Å². The monoisotopic (exact) mass is 229 g/mol. The average Bonchev–Trinajstić information content (AvgIpc) is 2.67. The van der Waals surface area contributed by atoms with Gasteiger partial charge in [-0.3, -0.25) is 0 Å². The van der Waals surface area contributed by atoms with E-state index in [-0.39, 0.29) is 5.54 Å². The molecule has 1 aromatic heterocycles. The predicted molar refractivity (Wildman–Crippen MR) is 73.0 cm³/mol. The molecule has 2 aromatic rings. The predicted octanol–water partition coefficient (Wildman–Crippen LogP) is 3.83. The van der Waals surface area contributed by atoms with Gasteiger partial charge in [0.15, 0.2) is 0 Å². The van der Waals surface area contributed by atoms with E-state index in [0.717, 1.165) is 17.7 Å². The summed E-state index contributed by atoms with van der Waals surface area (Å²) in [5.74, 6) is 0. The van der Waals surface area contributed by atoms with Crippen LogP contribution in [-0.4, -0.2) is 12.1 Å². The van der Waals surface area contributed by atoms with Crippen LogP contribution in [0.5, 0.6) is 0 Å². The number of hydrogen-bond acceptors (Lipinski definition) is 2. The molecule has 2 rings (SSSR count). The zero-order valence-electron chi connectivity index (χ0n) is 10.7. The highest BCUT2D eigenvalue weighted by Crippen LogP contribution is 2.21. The largest absolute Gasteiger partial charge is 0.464 e. The first kappa shape index (κ1) is 11.9. The maximum atomic E-state index is 5.48. The lowest BCUT2D eigenvalue weighted by Crippen LogP contribution is -2.35. The third kappa shape index (κ3) is 3.21. The summed E-state index contributed by atoms with van der Waals surface area (Å²) in [4.78, 5) is 0. The van der Waals surface area contributed by atoms with Crippen molar-refractivity contribution in [1.82, 2.24) is 5.32 Å². The quantitative estimate of drug-likeness (QED) is 0.865. The van der Waals surface area contributed by atoms with Crippen LogP contribution >= 0.6 is 0 Å². The highest BCUT2D eigenvalue weighted by Gasteiger charge is 2.06. The summed E-state index contributed by atoms with van der Waals surface area (Å²) in [6, 6.07) is 8.08. The van der Waals surface area contributed by atoms with Crippen LogP contribution < -0.4 is 5.32 Å². The van der Waals surface area contributed by atoms with Crippen molar-refractivity contribution in [2.75, 3.05) is 6.54 Å². The summed E-state index contributed by atoms with van der Waals surface area (Å²) >= 11 is 0. The standard InChI is InChI=1S/C15H19NO/c1-15(2,3)16-10-6-7-12-11-17-14-9-5-4-8-13(12)14/h4-9,11,16H,10H2,1-3H3/b7-6+. The Labute approximate surface area is 102 Å². The molecule has 1 N–H and O–H groups in total. The van der Waals surface area contributed by atoms with E-state index in [9.17, 15) is 0 Å². The number of nitrogens with one attached hydrogen (secondary N) is 1. The van der Waals surface area contributed by atoms with Crippen molar-refractivity contribution < 1.29 is 4.42 Å². The van der Waals surface area contributed by atoms with Crippen LogP contribution in [0.25, 0.3) is 17.0 Å². The molecule has 0 aliphatic rings. The maximum Gasteiger partial charge on any atom is 0.134 e. The first-order chi connectivity index (χ1) is 8.06. The number of rotatable bonds is 3. The third-order valence-electron chi connectivity index (χ3n) is 2.56. The smallest absolute Gasteiger partial charge is 0.134 e. The molecule has 1 heterocycles. The summed E-state index contributed by atoms with van der Waals surface area (Å²) in [6.45, 7) is 7.35. The van der Waals surface area contributed by atoms with Crippen LogP contribution in [0, 0.1) is 0 Å². The minimum atomic E-state index is 0.156. The molecule has 0 fully saturated rings. The molecule has 0 aliphatic carbocycles. The van der Waals surface area contributed by atoms with E-state index in [0.29, 0.717) is 0 Å². The summed E-state index contributed by atoms with van der Waals surface area (Å²) in [6.07, 6.45) is 6.03. The molecular weight excluding hydrogens is 210 g/mol. The van der Waals surface area contributed by atoms with Crippen LogP contribution in [0.2, 0.25) is 0 Å². The molecule has 2 nitrogen and oxygen atoms in total. The van der Waals surface area contributed by atoms with Crippen LogP contribution in [0.15, 0.2) is 41.0 Å². The summed E-state index contributed by atoms with van der Waals surface area (Å²) in [5, 5.41) is 4.58. The molecule has 0 unspecified atom stereocenters. The second kappa shape index (κ2) is 4.76. The maximum absolute atomic E-state index is 5.48. The van der Waals surface area contributed by atoms with E-state index >= 15 is 0 Å². The summed E-state index contributed by atoms with van der Waals surface area (Å²) in [7, 11) is 0. The van der Waals surface area contributed by atoms with E-state index in [1.807, 2.05) is 18.2 Å². The van der Waals surface area contributed by atoms with Crippen molar-refractivity contribution in [1.29, 1.82) is 0 Å². The Morgan fingerprint density at radius 1 is 1.24 bits per heavy atom. The zero-order chi connectivity index (χ0) is 12.3. The molecular formula is C15H19NO. The van der Waals surface area contributed by atoms with Crippen molar-refractivity contribution >= 4 is 17.0 Å². The van der Waals surface area contributed by atoms with Gasteiger partial charge >= 0.3 is 0 Å². The molecule has 0 amide bonds. The Morgan fingerprint density at radius 3 is 2.76 bits per heavy atom. The van der Waals surface area contributed by atoms with Gasteiger partial charge in [0.2, 0.25) is 0 Å². The van der Waals surface area contributed by atoms with Crippen LogP contribution in [0.3, 0.4) is 0 Å². The molecule has 17 heavy (non-hydrogen) atoms. The fourth-order valence-corrected chi connectivity index (χ4v) is 1.68. The van der Waals surface area contributed by atoms with Crippen LogP contribution in [-0.2, 0) is 0 Å². The molecule has 0 spiro atoms. The Balaban J connectivity index is 2.06. The first-order valence-electron chi connectivity index (χ1n) is 5.94. The number of para-hydroxylation sites is 1. The van der Waals surface area contributed by atoms with Gasteiger partial charge in [0, 0.05) is 23.0 Å². The Kier molecular flexibility index (Phi) is 3.34. The van der Waals surface area contributed by atoms with Crippen LogP contribution in [0.4, 0.5) is 0 Å². The van der Waals surface area contributed by atoms with Gasteiger partial charge in [0.1, 0.15) is 5.58 Å². The van der Waals surface area contributed by atoms with Crippen molar-refractivity contribution in [3.05, 3.63) is 42.2 Å². The van der Waals surface area contributed by atoms with Gasteiger partial charge in [-0.2, -0.15) is 0 Å². The van der Waals surface area contributed by atoms with E-state index in [4.69, 9.17) is 4.42 Å². The topological polar surface area (TPSA) is 25.2 Å². The van der Waals surface area contributed by atoms with Gasteiger partial charge in [-0.25, -0.2) is 0 Å². The van der Waals surface area contributed by atoms with E-state index in [1.54, 1.807) is 6.26 Å². The molecule has 2 heteroatoms. The number of hydrogen-bond donors (Lipinski definition) is 1. The molecule has 0 saturated heterocycles. The van der Waals surface area contributed by atoms with Gasteiger partial charge in [-0.1, -0.05) is 30.4 Å². The van der Waals surface area contributed by atoms with Crippen molar-refractivity contribution in [3.8, 4) is 0 Å². The lowest BCUT2D eigenvalue weighted by molar-refractivity contribution is 0.450. The van der Waals surface area contributed by atoms with Crippen molar-refractivity contribution in [2.24, 2.45) is 0 Å². The minimum absolute atomic E-state index is 0.156. The van der Waals surface area contributed by atoms with Crippen LogP contribution in [0.1, 0.15) is 26.3 Å². The van der Waals surface area contributed by atoms with Gasteiger partial charge < -0.3 is 9.73 Å². The van der Waals surface area contributed by atoms with Gasteiger partial charge in [-0.15, -0.1) is 0 Å². The molecule has 0 bridgehead atoms. The minimum Gasteiger partial charge on any atom is -0.464 e. The first-order valence-corrected chi connectivity index (χ1v) is 5.94. The fourth-order valence-electron chi connectivity index (χ4n) is 1.68. The highest BCUT2D eigenvalue weighted by atomic mass is 16.3. The highest BCUT2D eigenvalue weighted by molar-refractivity contribution is 5.86. The van der Waals surface area contributed by atoms with Gasteiger partial charge in [0.05, 0.1) is 6.26 Å². The molecule has 0 radical (unpaired) electrons. The number of fused-ring (bicyclic) bond motifs is 1. The molecule has 0 atom stereocenters. The zero-order valence-corrected chi connectivity index (χ0v) is 10.7. The Hall–Kier alpha value is -1.54. The molecule has 90 valence electrons. The average molecular weight is 229 g/mol. The fraction of sp³-hybridized carbons (Fsp3) is 0.333. The molecule has 0 saturated carbocycles. The van der Waals surface area contributed by atoms with E-state index in [1.165, 1.54) is 5.39 Å². The SMILES string of the molecule is CC(C)(C)NC/C=C/c1coc2ccccc12. The second-order valence-electron chi connectivity index (χ2n) is 5.22. The Bertz CT molecular complexity index is 517. The van der Waals surface area contributed by atoms with Crippen molar-refractivity contribution in [3.63, 3.8) is 0 Å². The lowest BCUT2D eigenvalue weighted by atomic mass is 10.1. The Morgan fingerprint density at radius 2 is 2.00 bits per heavy atom. The molecule has 0 aliphatic heterocycles.